The molecule has 1 aromatic heterocycles. The molecule has 1 aliphatic rings. The number of hydrogen-bond donors (Lipinski definition) is 3. The van der Waals surface area contributed by atoms with Crippen LogP contribution in [0.2, 0.25) is 0 Å². The standard InChI is InChI=1S/C11H17N5O2/c1-6-8(5-13-16(6)2)11(17)14-9(7-3-4-7)10(12)15-18/h5,7,9,18H,3-4H2,1-2H3,(H2,12,15)(H,14,17). The third kappa shape index (κ3) is 2.29. The van der Waals surface area contributed by atoms with E-state index in [0.717, 1.165) is 18.5 Å². The second kappa shape index (κ2) is 4.67. The van der Waals surface area contributed by atoms with Gasteiger partial charge in [0, 0.05) is 12.7 Å². The molecule has 1 aliphatic carbocycles. The highest BCUT2D eigenvalue weighted by atomic mass is 16.4. The molecule has 0 bridgehead atoms. The summed E-state index contributed by atoms with van der Waals surface area (Å²) in [6.45, 7) is 1.82. The Morgan fingerprint density at radius 3 is 2.83 bits per heavy atom. The molecule has 1 aromatic rings. The summed E-state index contributed by atoms with van der Waals surface area (Å²) in [6, 6.07) is -0.401. The first kappa shape index (κ1) is 12.4. The van der Waals surface area contributed by atoms with E-state index >= 15 is 0 Å². The van der Waals surface area contributed by atoms with Crippen LogP contribution in [0.5, 0.6) is 0 Å². The molecule has 1 heterocycles. The number of amidine groups is 1. The minimum atomic E-state index is -0.401. The van der Waals surface area contributed by atoms with Crippen molar-refractivity contribution in [1.82, 2.24) is 15.1 Å². The lowest BCUT2D eigenvalue weighted by molar-refractivity contribution is 0.0942. The summed E-state index contributed by atoms with van der Waals surface area (Å²) >= 11 is 0. The largest absolute Gasteiger partial charge is 0.409 e. The van der Waals surface area contributed by atoms with Crippen LogP contribution in [-0.4, -0.2) is 32.8 Å². The molecule has 18 heavy (non-hydrogen) atoms. The Balaban J connectivity index is 2.12. The van der Waals surface area contributed by atoms with E-state index in [-0.39, 0.29) is 17.7 Å². The number of amides is 1. The van der Waals surface area contributed by atoms with Crippen molar-refractivity contribution < 1.29 is 10.0 Å². The monoisotopic (exact) mass is 251 g/mol. The second-order valence-electron chi connectivity index (χ2n) is 4.58. The number of nitrogens with one attached hydrogen (secondary N) is 1. The maximum Gasteiger partial charge on any atom is 0.255 e. The van der Waals surface area contributed by atoms with Crippen molar-refractivity contribution in [3.8, 4) is 0 Å². The normalized spacial score (nSPS) is 17.6. The second-order valence-corrected chi connectivity index (χ2v) is 4.58. The SMILES string of the molecule is Cc1c(C(=O)NC(C(N)=NO)C2CC2)cnn1C. The van der Waals surface area contributed by atoms with E-state index in [1.165, 1.54) is 6.20 Å². The van der Waals surface area contributed by atoms with E-state index in [9.17, 15) is 4.79 Å². The van der Waals surface area contributed by atoms with Crippen LogP contribution in [0, 0.1) is 12.8 Å². The van der Waals surface area contributed by atoms with Crippen molar-refractivity contribution in [2.45, 2.75) is 25.8 Å². The van der Waals surface area contributed by atoms with E-state index in [0.29, 0.717) is 5.56 Å². The topological polar surface area (TPSA) is 106 Å². The van der Waals surface area contributed by atoms with Crippen molar-refractivity contribution in [1.29, 1.82) is 0 Å². The van der Waals surface area contributed by atoms with Gasteiger partial charge in [-0.05, 0) is 25.7 Å². The third-order valence-corrected chi connectivity index (χ3v) is 3.29. The fourth-order valence-corrected chi connectivity index (χ4v) is 1.87. The van der Waals surface area contributed by atoms with Crippen molar-refractivity contribution in [2.75, 3.05) is 0 Å². The number of nitrogens with two attached hydrogens (primary N) is 1. The van der Waals surface area contributed by atoms with Crippen LogP contribution >= 0.6 is 0 Å². The lowest BCUT2D eigenvalue weighted by Gasteiger charge is -2.16. The van der Waals surface area contributed by atoms with Gasteiger partial charge in [0.25, 0.3) is 5.91 Å². The van der Waals surface area contributed by atoms with Crippen molar-refractivity contribution in [3.63, 3.8) is 0 Å². The highest BCUT2D eigenvalue weighted by Crippen LogP contribution is 2.32. The number of carbonyl (C=O) groups excluding carboxylic acids is 1. The van der Waals surface area contributed by atoms with Crippen LogP contribution < -0.4 is 11.1 Å². The maximum atomic E-state index is 12.1. The van der Waals surface area contributed by atoms with E-state index < -0.39 is 6.04 Å². The van der Waals surface area contributed by atoms with Crippen LogP contribution in [-0.2, 0) is 7.05 Å². The molecule has 0 aromatic carbocycles. The zero-order chi connectivity index (χ0) is 13.3. The summed E-state index contributed by atoms with van der Waals surface area (Å²) in [5, 5.41) is 18.5. The Morgan fingerprint density at radius 2 is 2.39 bits per heavy atom. The number of rotatable bonds is 4. The number of aryl methyl sites for hydroxylation is 1. The molecule has 4 N–H and O–H groups in total. The lowest BCUT2D eigenvalue weighted by Crippen LogP contribution is -2.46. The van der Waals surface area contributed by atoms with Crippen LogP contribution in [0.3, 0.4) is 0 Å². The first-order valence-corrected chi connectivity index (χ1v) is 5.81. The molecule has 1 amide bonds. The summed E-state index contributed by atoms with van der Waals surface area (Å²) < 4.78 is 1.63. The van der Waals surface area contributed by atoms with Crippen molar-refractivity contribution in [3.05, 3.63) is 17.5 Å². The average molecular weight is 251 g/mol. The minimum absolute atomic E-state index is 0.0485. The Morgan fingerprint density at radius 1 is 1.72 bits per heavy atom. The molecule has 1 unspecified atom stereocenters. The number of oxime groups is 1. The quantitative estimate of drug-likeness (QED) is 0.303. The molecule has 1 atom stereocenters. The van der Waals surface area contributed by atoms with Gasteiger partial charge in [0.15, 0.2) is 5.84 Å². The molecule has 7 heteroatoms. The zero-order valence-corrected chi connectivity index (χ0v) is 10.4. The van der Waals surface area contributed by atoms with Gasteiger partial charge >= 0.3 is 0 Å². The molecule has 0 radical (unpaired) electrons. The summed E-state index contributed by atoms with van der Waals surface area (Å²) in [7, 11) is 1.77. The predicted molar refractivity (Wildman–Crippen MR) is 65.3 cm³/mol. The zero-order valence-electron chi connectivity index (χ0n) is 10.4. The van der Waals surface area contributed by atoms with Crippen LogP contribution in [0.1, 0.15) is 28.9 Å². The number of carbonyl (C=O) groups is 1. The third-order valence-electron chi connectivity index (χ3n) is 3.29. The Kier molecular flexibility index (Phi) is 3.22. The number of hydrogen-bond acceptors (Lipinski definition) is 4. The van der Waals surface area contributed by atoms with Gasteiger partial charge in [0.1, 0.15) is 0 Å². The highest BCUT2D eigenvalue weighted by Gasteiger charge is 2.35. The Hall–Kier alpha value is -2.05. The minimum Gasteiger partial charge on any atom is -0.409 e. The molecule has 2 rings (SSSR count). The van der Waals surface area contributed by atoms with E-state index in [1.807, 2.05) is 6.92 Å². The smallest absolute Gasteiger partial charge is 0.255 e. The van der Waals surface area contributed by atoms with Gasteiger partial charge < -0.3 is 16.3 Å². The first-order valence-electron chi connectivity index (χ1n) is 5.81. The molecule has 0 aliphatic heterocycles. The van der Waals surface area contributed by atoms with E-state index in [4.69, 9.17) is 10.9 Å². The maximum absolute atomic E-state index is 12.1. The van der Waals surface area contributed by atoms with Gasteiger partial charge in [-0.15, -0.1) is 0 Å². The highest BCUT2D eigenvalue weighted by molar-refractivity contribution is 5.99. The molecule has 98 valence electrons. The molecular weight excluding hydrogens is 234 g/mol. The van der Waals surface area contributed by atoms with E-state index in [1.54, 1.807) is 11.7 Å². The molecular formula is C11H17N5O2. The molecule has 0 spiro atoms. The van der Waals surface area contributed by atoms with Crippen LogP contribution in [0.15, 0.2) is 11.4 Å². The summed E-state index contributed by atoms with van der Waals surface area (Å²) in [4.78, 5) is 12.1. The van der Waals surface area contributed by atoms with E-state index in [2.05, 4.69) is 15.6 Å². The lowest BCUT2D eigenvalue weighted by atomic mass is 10.1. The Bertz CT molecular complexity index is 490. The number of aromatic nitrogens is 2. The van der Waals surface area contributed by atoms with Gasteiger partial charge in [-0.3, -0.25) is 9.48 Å². The van der Waals surface area contributed by atoms with Gasteiger partial charge in [0.05, 0.1) is 17.8 Å². The first-order chi connectivity index (χ1) is 8.54. The van der Waals surface area contributed by atoms with Gasteiger partial charge in [-0.25, -0.2) is 0 Å². The fraction of sp³-hybridized carbons (Fsp3) is 0.545. The fourth-order valence-electron chi connectivity index (χ4n) is 1.87. The Labute approximate surface area is 105 Å². The van der Waals surface area contributed by atoms with Gasteiger partial charge in [-0.1, -0.05) is 5.16 Å². The van der Waals surface area contributed by atoms with Crippen LogP contribution in [0.25, 0.3) is 0 Å². The molecule has 0 saturated heterocycles. The van der Waals surface area contributed by atoms with Crippen LogP contribution in [0.4, 0.5) is 0 Å². The summed E-state index contributed by atoms with van der Waals surface area (Å²) in [5.74, 6) is 0.0679. The molecule has 1 fully saturated rings. The average Bonchev–Trinajstić information content (AvgIpc) is 3.13. The molecule has 7 nitrogen and oxygen atoms in total. The molecule has 1 saturated carbocycles. The summed E-state index contributed by atoms with van der Waals surface area (Å²) in [5.41, 5.74) is 6.88. The van der Waals surface area contributed by atoms with Gasteiger partial charge in [0.2, 0.25) is 0 Å². The van der Waals surface area contributed by atoms with Gasteiger partial charge in [-0.2, -0.15) is 5.10 Å². The number of nitrogens with zero attached hydrogens (tertiary/aromatic N) is 3. The van der Waals surface area contributed by atoms with Crippen molar-refractivity contribution >= 4 is 11.7 Å². The summed E-state index contributed by atoms with van der Waals surface area (Å²) in [6.07, 6.45) is 3.47. The van der Waals surface area contributed by atoms with Crippen molar-refractivity contribution in [2.24, 2.45) is 23.9 Å². The predicted octanol–water partition coefficient (Wildman–Crippen LogP) is -0.0167.